The average molecular weight is 266 g/mol. The predicted molar refractivity (Wildman–Crippen MR) is 76.7 cm³/mol. The van der Waals surface area contributed by atoms with Crippen molar-refractivity contribution in [1.82, 2.24) is 9.38 Å². The standard InChI is InChI=1S/C16H14N2O2/c1-11-6-7-18-10-14(17-15(18)8-11)13-4-2-12(3-5-13)9-16(19)20/h2-8,10H,9H2,1H3,(H,19,20). The van der Waals surface area contributed by atoms with E-state index in [1.807, 2.05) is 60.1 Å². The van der Waals surface area contributed by atoms with Crippen LogP contribution < -0.4 is 0 Å². The van der Waals surface area contributed by atoms with E-state index in [2.05, 4.69) is 4.98 Å². The molecule has 0 aliphatic rings. The van der Waals surface area contributed by atoms with Gasteiger partial charge in [-0.05, 0) is 30.2 Å². The van der Waals surface area contributed by atoms with Gasteiger partial charge in [-0.1, -0.05) is 24.3 Å². The molecule has 0 aliphatic heterocycles. The van der Waals surface area contributed by atoms with Crippen molar-refractivity contribution >= 4 is 11.6 Å². The molecule has 0 atom stereocenters. The van der Waals surface area contributed by atoms with Crippen LogP contribution in [0.3, 0.4) is 0 Å². The zero-order valence-corrected chi connectivity index (χ0v) is 11.1. The van der Waals surface area contributed by atoms with Gasteiger partial charge in [0, 0.05) is 18.0 Å². The summed E-state index contributed by atoms with van der Waals surface area (Å²) >= 11 is 0. The molecule has 3 aromatic rings. The summed E-state index contributed by atoms with van der Waals surface area (Å²) in [5.41, 5.74) is 4.75. The number of rotatable bonds is 3. The fourth-order valence-electron chi connectivity index (χ4n) is 2.19. The number of hydrogen-bond donors (Lipinski definition) is 1. The minimum Gasteiger partial charge on any atom is -0.481 e. The van der Waals surface area contributed by atoms with Crippen molar-refractivity contribution < 1.29 is 9.90 Å². The van der Waals surface area contributed by atoms with Gasteiger partial charge in [0.1, 0.15) is 5.65 Å². The van der Waals surface area contributed by atoms with Crippen molar-refractivity contribution in [2.45, 2.75) is 13.3 Å². The van der Waals surface area contributed by atoms with Crippen molar-refractivity contribution in [2.24, 2.45) is 0 Å². The van der Waals surface area contributed by atoms with E-state index < -0.39 is 5.97 Å². The molecule has 20 heavy (non-hydrogen) atoms. The zero-order valence-electron chi connectivity index (χ0n) is 11.1. The Morgan fingerprint density at radius 1 is 1.25 bits per heavy atom. The van der Waals surface area contributed by atoms with Crippen LogP contribution in [0.5, 0.6) is 0 Å². The van der Waals surface area contributed by atoms with E-state index in [1.54, 1.807) is 0 Å². The van der Waals surface area contributed by atoms with Crippen LogP contribution in [0.2, 0.25) is 0 Å². The van der Waals surface area contributed by atoms with Crippen LogP contribution in [0.15, 0.2) is 48.8 Å². The monoisotopic (exact) mass is 266 g/mol. The lowest BCUT2D eigenvalue weighted by atomic mass is 10.1. The van der Waals surface area contributed by atoms with E-state index >= 15 is 0 Å². The Bertz CT molecular complexity index is 773. The summed E-state index contributed by atoms with van der Waals surface area (Å²) < 4.78 is 1.98. The van der Waals surface area contributed by atoms with Gasteiger partial charge < -0.3 is 9.51 Å². The molecule has 2 aromatic heterocycles. The highest BCUT2D eigenvalue weighted by atomic mass is 16.4. The van der Waals surface area contributed by atoms with Gasteiger partial charge in [0.25, 0.3) is 0 Å². The number of nitrogens with zero attached hydrogens (tertiary/aromatic N) is 2. The van der Waals surface area contributed by atoms with Gasteiger partial charge in [0.2, 0.25) is 0 Å². The van der Waals surface area contributed by atoms with E-state index in [0.717, 1.165) is 22.5 Å². The van der Waals surface area contributed by atoms with E-state index in [9.17, 15) is 4.79 Å². The Hall–Kier alpha value is -2.62. The van der Waals surface area contributed by atoms with E-state index in [-0.39, 0.29) is 6.42 Å². The summed E-state index contributed by atoms with van der Waals surface area (Å²) in [6, 6.07) is 11.5. The molecule has 4 heteroatoms. The molecule has 0 spiro atoms. The molecule has 4 nitrogen and oxygen atoms in total. The molecule has 0 bridgehead atoms. The van der Waals surface area contributed by atoms with Crippen molar-refractivity contribution in [3.63, 3.8) is 0 Å². The lowest BCUT2D eigenvalue weighted by Gasteiger charge is -1.99. The summed E-state index contributed by atoms with van der Waals surface area (Å²) in [6.07, 6.45) is 4.01. The molecule has 0 saturated heterocycles. The molecule has 1 N–H and O–H groups in total. The highest BCUT2D eigenvalue weighted by Crippen LogP contribution is 2.20. The number of carboxylic acids is 1. The second kappa shape index (κ2) is 4.81. The number of aliphatic carboxylic acids is 1. The fraction of sp³-hybridized carbons (Fsp3) is 0.125. The maximum absolute atomic E-state index is 10.7. The molecular weight excluding hydrogens is 252 g/mol. The average Bonchev–Trinajstić information content (AvgIpc) is 2.81. The number of fused-ring (bicyclic) bond motifs is 1. The summed E-state index contributed by atoms with van der Waals surface area (Å²) in [6.45, 7) is 2.04. The molecule has 100 valence electrons. The third-order valence-electron chi connectivity index (χ3n) is 3.22. The number of benzene rings is 1. The molecule has 0 fully saturated rings. The van der Waals surface area contributed by atoms with Gasteiger partial charge in [-0.2, -0.15) is 0 Å². The number of carboxylic acid groups (broad SMARTS) is 1. The molecule has 2 heterocycles. The number of imidazole rings is 1. The topological polar surface area (TPSA) is 54.6 Å². The number of aryl methyl sites for hydroxylation is 1. The maximum atomic E-state index is 10.7. The van der Waals surface area contributed by atoms with Crippen molar-refractivity contribution in [3.8, 4) is 11.3 Å². The molecule has 3 rings (SSSR count). The third-order valence-corrected chi connectivity index (χ3v) is 3.22. The molecular formula is C16H14N2O2. The summed E-state index contributed by atoms with van der Waals surface area (Å²) in [4.78, 5) is 15.2. The minimum atomic E-state index is -0.819. The minimum absolute atomic E-state index is 0.0463. The van der Waals surface area contributed by atoms with Gasteiger partial charge in [-0.25, -0.2) is 4.98 Å². The van der Waals surface area contributed by atoms with Gasteiger partial charge in [0.05, 0.1) is 12.1 Å². The lowest BCUT2D eigenvalue weighted by molar-refractivity contribution is -0.136. The predicted octanol–water partition coefficient (Wildman–Crippen LogP) is 2.94. The lowest BCUT2D eigenvalue weighted by Crippen LogP contribution is -1.99. The first-order chi connectivity index (χ1) is 9.61. The highest BCUT2D eigenvalue weighted by Gasteiger charge is 2.05. The van der Waals surface area contributed by atoms with Crippen LogP contribution in [0.25, 0.3) is 16.9 Å². The van der Waals surface area contributed by atoms with Crippen molar-refractivity contribution in [3.05, 3.63) is 59.9 Å². The van der Waals surface area contributed by atoms with Gasteiger partial charge in [-0.3, -0.25) is 4.79 Å². The molecule has 0 radical (unpaired) electrons. The van der Waals surface area contributed by atoms with Crippen LogP contribution in [0.4, 0.5) is 0 Å². The fourth-order valence-corrected chi connectivity index (χ4v) is 2.19. The Morgan fingerprint density at radius 3 is 2.70 bits per heavy atom. The summed E-state index contributed by atoms with van der Waals surface area (Å²) in [7, 11) is 0. The van der Waals surface area contributed by atoms with Crippen LogP contribution in [0.1, 0.15) is 11.1 Å². The maximum Gasteiger partial charge on any atom is 0.307 e. The van der Waals surface area contributed by atoms with Crippen LogP contribution in [0, 0.1) is 6.92 Å². The molecule has 1 aromatic carbocycles. The van der Waals surface area contributed by atoms with E-state index in [1.165, 1.54) is 5.56 Å². The Balaban J connectivity index is 1.96. The summed E-state index contributed by atoms with van der Waals surface area (Å²) in [5.74, 6) is -0.819. The first kappa shape index (κ1) is 12.4. The first-order valence-electron chi connectivity index (χ1n) is 6.38. The number of carbonyl (C=O) groups is 1. The largest absolute Gasteiger partial charge is 0.481 e. The SMILES string of the molecule is Cc1ccn2cc(-c3ccc(CC(=O)O)cc3)nc2c1. The Kier molecular flexibility index (Phi) is 2.99. The normalized spacial score (nSPS) is 10.8. The zero-order chi connectivity index (χ0) is 14.1. The second-order valence-electron chi connectivity index (χ2n) is 4.86. The number of aromatic nitrogens is 2. The first-order valence-corrected chi connectivity index (χ1v) is 6.38. The van der Waals surface area contributed by atoms with Gasteiger partial charge in [-0.15, -0.1) is 0 Å². The quantitative estimate of drug-likeness (QED) is 0.793. The van der Waals surface area contributed by atoms with Crippen molar-refractivity contribution in [1.29, 1.82) is 0 Å². The molecule has 0 saturated carbocycles. The smallest absolute Gasteiger partial charge is 0.307 e. The molecule has 0 unspecified atom stereocenters. The van der Waals surface area contributed by atoms with Crippen LogP contribution >= 0.6 is 0 Å². The number of pyridine rings is 1. The number of hydrogen-bond acceptors (Lipinski definition) is 2. The van der Waals surface area contributed by atoms with E-state index in [4.69, 9.17) is 5.11 Å². The summed E-state index contributed by atoms with van der Waals surface area (Å²) in [5, 5.41) is 8.76. The second-order valence-corrected chi connectivity index (χ2v) is 4.86. The molecule has 0 aliphatic carbocycles. The van der Waals surface area contributed by atoms with Crippen molar-refractivity contribution in [2.75, 3.05) is 0 Å². The van der Waals surface area contributed by atoms with Crippen LogP contribution in [-0.2, 0) is 11.2 Å². The molecule has 0 amide bonds. The van der Waals surface area contributed by atoms with Gasteiger partial charge in [0.15, 0.2) is 0 Å². The van der Waals surface area contributed by atoms with Crippen LogP contribution in [-0.4, -0.2) is 20.5 Å². The Morgan fingerprint density at radius 2 is 2.00 bits per heavy atom. The van der Waals surface area contributed by atoms with Gasteiger partial charge >= 0.3 is 5.97 Å². The third kappa shape index (κ3) is 2.40. The van der Waals surface area contributed by atoms with E-state index in [0.29, 0.717) is 0 Å². The Labute approximate surface area is 116 Å². The highest BCUT2D eigenvalue weighted by molar-refractivity contribution is 5.71.